The molecule has 0 aliphatic carbocycles. The minimum atomic E-state index is -0.959. The summed E-state index contributed by atoms with van der Waals surface area (Å²) in [6.45, 7) is 2.72. The van der Waals surface area contributed by atoms with E-state index in [1.54, 1.807) is 18.2 Å². The van der Waals surface area contributed by atoms with Crippen LogP contribution in [0.1, 0.15) is 45.5 Å². The summed E-state index contributed by atoms with van der Waals surface area (Å²) in [5.41, 5.74) is 5.76. The molecule has 1 amide bonds. The van der Waals surface area contributed by atoms with Crippen LogP contribution in [0.3, 0.4) is 0 Å². The average Bonchev–Trinajstić information content (AvgIpc) is 2.90. The first-order chi connectivity index (χ1) is 17.5. The number of anilines is 2. The zero-order chi connectivity index (χ0) is 25.3. The number of nitrogens with one attached hydrogen (secondary N) is 2. The third-order valence-electron chi connectivity index (χ3n) is 6.29. The van der Waals surface area contributed by atoms with Crippen molar-refractivity contribution < 1.29 is 14.7 Å². The SMILES string of the molecule is CC(C(=O)Nc1ccccc1Cc1ccccc1C(=O)O)c1ccc(NCCc2ccccc2)cc1. The molecule has 4 rings (SSSR count). The van der Waals surface area contributed by atoms with Gasteiger partial charge in [-0.2, -0.15) is 0 Å². The van der Waals surface area contributed by atoms with Crippen molar-refractivity contribution in [3.05, 3.63) is 131 Å². The molecule has 5 heteroatoms. The minimum Gasteiger partial charge on any atom is -0.478 e. The first-order valence-electron chi connectivity index (χ1n) is 12.1. The lowest BCUT2D eigenvalue weighted by Crippen LogP contribution is -2.20. The fourth-order valence-corrected chi connectivity index (χ4v) is 4.16. The monoisotopic (exact) mass is 478 g/mol. The highest BCUT2D eigenvalue weighted by Crippen LogP contribution is 2.24. The van der Waals surface area contributed by atoms with Gasteiger partial charge in [0.25, 0.3) is 0 Å². The quantitative estimate of drug-likeness (QED) is 0.247. The van der Waals surface area contributed by atoms with Crippen LogP contribution in [-0.4, -0.2) is 23.5 Å². The number of hydrogen-bond acceptors (Lipinski definition) is 3. The van der Waals surface area contributed by atoms with Crippen LogP contribution < -0.4 is 10.6 Å². The topological polar surface area (TPSA) is 78.4 Å². The third kappa shape index (κ3) is 6.39. The van der Waals surface area contributed by atoms with Gasteiger partial charge in [-0.05, 0) is 59.9 Å². The summed E-state index contributed by atoms with van der Waals surface area (Å²) in [6, 6.07) is 32.8. The molecule has 0 heterocycles. The van der Waals surface area contributed by atoms with Gasteiger partial charge in [-0.3, -0.25) is 4.79 Å². The third-order valence-corrected chi connectivity index (χ3v) is 6.29. The Morgan fingerprint density at radius 1 is 0.778 bits per heavy atom. The lowest BCUT2D eigenvalue weighted by molar-refractivity contribution is -0.117. The van der Waals surface area contributed by atoms with E-state index in [-0.39, 0.29) is 17.4 Å². The Morgan fingerprint density at radius 2 is 1.42 bits per heavy atom. The molecule has 1 atom stereocenters. The van der Waals surface area contributed by atoms with Gasteiger partial charge in [-0.1, -0.05) is 78.9 Å². The van der Waals surface area contributed by atoms with Crippen molar-refractivity contribution in [1.82, 2.24) is 0 Å². The number of carboxylic acids is 1. The Hall–Kier alpha value is -4.38. The summed E-state index contributed by atoms with van der Waals surface area (Å²) in [4.78, 5) is 24.7. The Bertz CT molecular complexity index is 1320. The summed E-state index contributed by atoms with van der Waals surface area (Å²) < 4.78 is 0. The molecular formula is C31H30N2O3. The van der Waals surface area contributed by atoms with Crippen LogP contribution in [0.15, 0.2) is 103 Å². The van der Waals surface area contributed by atoms with Crippen LogP contribution in [0.4, 0.5) is 11.4 Å². The molecule has 0 radical (unpaired) electrons. The summed E-state index contributed by atoms with van der Waals surface area (Å²) >= 11 is 0. The molecule has 0 bridgehead atoms. The number of hydrogen-bond donors (Lipinski definition) is 3. The van der Waals surface area contributed by atoms with E-state index in [9.17, 15) is 14.7 Å². The number of carboxylic acid groups (broad SMARTS) is 1. The maximum absolute atomic E-state index is 13.1. The lowest BCUT2D eigenvalue weighted by atomic mass is 9.97. The number of aromatic carboxylic acids is 1. The lowest BCUT2D eigenvalue weighted by Gasteiger charge is -2.16. The molecule has 0 spiro atoms. The largest absolute Gasteiger partial charge is 0.478 e. The molecule has 0 saturated carbocycles. The van der Waals surface area contributed by atoms with E-state index in [1.807, 2.05) is 79.7 Å². The number of rotatable bonds is 10. The zero-order valence-electron chi connectivity index (χ0n) is 20.3. The number of amides is 1. The molecule has 1 unspecified atom stereocenters. The second kappa shape index (κ2) is 11.8. The molecule has 0 fully saturated rings. The van der Waals surface area contributed by atoms with Crippen molar-refractivity contribution in [2.24, 2.45) is 0 Å². The highest BCUT2D eigenvalue weighted by Gasteiger charge is 2.17. The van der Waals surface area contributed by atoms with E-state index >= 15 is 0 Å². The van der Waals surface area contributed by atoms with Crippen LogP contribution in [0.25, 0.3) is 0 Å². The van der Waals surface area contributed by atoms with Gasteiger partial charge in [0.05, 0.1) is 11.5 Å². The van der Waals surface area contributed by atoms with Gasteiger partial charge in [0.15, 0.2) is 0 Å². The second-order valence-corrected chi connectivity index (χ2v) is 8.79. The maximum Gasteiger partial charge on any atom is 0.335 e. The van der Waals surface area contributed by atoms with Crippen LogP contribution in [0, 0.1) is 0 Å². The number of carbonyl (C=O) groups is 2. The molecular weight excluding hydrogens is 448 g/mol. The van der Waals surface area contributed by atoms with Gasteiger partial charge >= 0.3 is 5.97 Å². The van der Waals surface area contributed by atoms with Gasteiger partial charge < -0.3 is 15.7 Å². The maximum atomic E-state index is 13.1. The van der Waals surface area contributed by atoms with Gasteiger partial charge in [-0.25, -0.2) is 4.79 Å². The van der Waals surface area contributed by atoms with Crippen molar-refractivity contribution in [2.75, 3.05) is 17.2 Å². The molecule has 182 valence electrons. The zero-order valence-corrected chi connectivity index (χ0v) is 20.3. The molecule has 0 aliphatic rings. The van der Waals surface area contributed by atoms with Gasteiger partial charge in [0.2, 0.25) is 5.91 Å². The van der Waals surface area contributed by atoms with E-state index in [1.165, 1.54) is 5.56 Å². The number of carbonyl (C=O) groups excluding carboxylic acids is 1. The molecule has 5 nitrogen and oxygen atoms in total. The number of benzene rings is 4. The Kier molecular flexibility index (Phi) is 8.14. The Labute approximate surface area is 211 Å². The van der Waals surface area contributed by atoms with E-state index in [0.717, 1.165) is 29.8 Å². The van der Waals surface area contributed by atoms with E-state index in [4.69, 9.17) is 0 Å². The molecule has 36 heavy (non-hydrogen) atoms. The van der Waals surface area contributed by atoms with Gasteiger partial charge in [0.1, 0.15) is 0 Å². The predicted molar refractivity (Wildman–Crippen MR) is 145 cm³/mol. The summed E-state index contributed by atoms with van der Waals surface area (Å²) in [6.07, 6.45) is 1.36. The fraction of sp³-hybridized carbons (Fsp3) is 0.161. The predicted octanol–water partition coefficient (Wildman–Crippen LogP) is 6.37. The Balaban J connectivity index is 1.38. The second-order valence-electron chi connectivity index (χ2n) is 8.79. The minimum absolute atomic E-state index is 0.112. The molecule has 0 aromatic heterocycles. The van der Waals surface area contributed by atoms with Crippen molar-refractivity contribution in [3.63, 3.8) is 0 Å². The fourth-order valence-electron chi connectivity index (χ4n) is 4.16. The molecule has 0 aliphatic heterocycles. The van der Waals surface area contributed by atoms with Gasteiger partial charge in [0, 0.05) is 24.3 Å². The van der Waals surface area contributed by atoms with Crippen molar-refractivity contribution in [1.29, 1.82) is 0 Å². The van der Waals surface area contributed by atoms with Crippen LogP contribution in [0.2, 0.25) is 0 Å². The van der Waals surface area contributed by atoms with Crippen molar-refractivity contribution in [3.8, 4) is 0 Å². The molecule has 4 aromatic rings. The molecule has 4 aromatic carbocycles. The van der Waals surface area contributed by atoms with Crippen LogP contribution >= 0.6 is 0 Å². The Morgan fingerprint density at radius 3 is 2.14 bits per heavy atom. The van der Waals surface area contributed by atoms with Crippen molar-refractivity contribution in [2.45, 2.75) is 25.7 Å². The van der Waals surface area contributed by atoms with Crippen molar-refractivity contribution >= 4 is 23.3 Å². The smallest absolute Gasteiger partial charge is 0.335 e. The average molecular weight is 479 g/mol. The number of para-hydroxylation sites is 1. The highest BCUT2D eigenvalue weighted by atomic mass is 16.4. The summed E-state index contributed by atoms with van der Waals surface area (Å²) in [7, 11) is 0. The normalized spacial score (nSPS) is 11.5. The van der Waals surface area contributed by atoms with Crippen LogP contribution in [0.5, 0.6) is 0 Å². The van der Waals surface area contributed by atoms with E-state index in [2.05, 4.69) is 22.8 Å². The molecule has 0 saturated heterocycles. The molecule has 3 N–H and O–H groups in total. The first kappa shape index (κ1) is 24.7. The van der Waals surface area contributed by atoms with Crippen LogP contribution in [-0.2, 0) is 17.6 Å². The summed E-state index contributed by atoms with van der Waals surface area (Å²) in [5.74, 6) is -1.42. The highest BCUT2D eigenvalue weighted by molar-refractivity contribution is 5.96. The van der Waals surface area contributed by atoms with E-state index < -0.39 is 5.97 Å². The van der Waals surface area contributed by atoms with Gasteiger partial charge in [-0.15, -0.1) is 0 Å². The summed E-state index contributed by atoms with van der Waals surface area (Å²) in [5, 5.41) is 16.0. The van der Waals surface area contributed by atoms with E-state index in [0.29, 0.717) is 17.7 Å². The standard InChI is InChI=1S/C31H30N2O3/c1-22(24-15-17-27(18-16-24)32-20-19-23-9-3-2-4-10-23)30(34)33-29-14-8-6-12-26(29)21-25-11-5-7-13-28(25)31(35)36/h2-18,22,32H,19-21H2,1H3,(H,33,34)(H,35,36). The first-order valence-corrected chi connectivity index (χ1v) is 12.1.